The van der Waals surface area contributed by atoms with Gasteiger partial charge in [0.25, 0.3) is 0 Å². The lowest BCUT2D eigenvalue weighted by molar-refractivity contribution is -0.114. The van der Waals surface area contributed by atoms with Crippen LogP contribution in [-0.4, -0.2) is 26.6 Å². The van der Waals surface area contributed by atoms with Gasteiger partial charge in [-0.1, -0.05) is 13.0 Å². The molecule has 0 unspecified atom stereocenters. The largest absolute Gasteiger partial charge is 0.376 e. The highest BCUT2D eigenvalue weighted by molar-refractivity contribution is 7.91. The third-order valence-corrected chi connectivity index (χ3v) is 5.20. The number of amides is 1. The number of rotatable bonds is 6. The third kappa shape index (κ3) is 4.55. The first kappa shape index (κ1) is 17.9. The Balaban J connectivity index is 1.94. The molecule has 7 heteroatoms. The van der Waals surface area contributed by atoms with Gasteiger partial charge in [-0.2, -0.15) is 0 Å². The molecule has 0 bridgehead atoms. The number of hydrogen-bond donors (Lipinski definition) is 2. The van der Waals surface area contributed by atoms with Crippen molar-refractivity contribution >= 4 is 27.1 Å². The molecular weight excluding hydrogens is 331 g/mol. The van der Waals surface area contributed by atoms with E-state index >= 15 is 0 Å². The molecule has 0 spiro atoms. The molecule has 0 aliphatic rings. The van der Waals surface area contributed by atoms with E-state index in [0.717, 1.165) is 5.56 Å². The second-order valence-electron chi connectivity index (χ2n) is 5.31. The van der Waals surface area contributed by atoms with Crippen molar-refractivity contribution < 1.29 is 17.6 Å². The van der Waals surface area contributed by atoms with E-state index in [0.29, 0.717) is 5.69 Å². The second kappa shape index (κ2) is 7.44. The quantitative estimate of drug-likeness (QED) is 0.840. The van der Waals surface area contributed by atoms with Crippen molar-refractivity contribution in [1.29, 1.82) is 0 Å². The Bertz CT molecular complexity index is 833. The summed E-state index contributed by atoms with van der Waals surface area (Å²) in [6, 6.07) is 10.7. The van der Waals surface area contributed by atoms with Crippen molar-refractivity contribution in [3.8, 4) is 0 Å². The van der Waals surface area contributed by atoms with E-state index in [2.05, 4.69) is 10.6 Å². The van der Waals surface area contributed by atoms with Crippen LogP contribution in [0.3, 0.4) is 0 Å². The summed E-state index contributed by atoms with van der Waals surface area (Å²) < 4.78 is 37.1. The smallest absolute Gasteiger partial charge is 0.243 e. The maximum Gasteiger partial charge on any atom is 0.243 e. The molecule has 2 N–H and O–H groups in total. The van der Waals surface area contributed by atoms with E-state index in [-0.39, 0.29) is 22.9 Å². The van der Waals surface area contributed by atoms with Crippen LogP contribution < -0.4 is 10.6 Å². The molecular formula is C17H19FN2O3S. The molecule has 0 heterocycles. The van der Waals surface area contributed by atoms with Crippen LogP contribution in [0, 0.1) is 12.7 Å². The second-order valence-corrected chi connectivity index (χ2v) is 7.59. The molecule has 0 radical (unpaired) electrons. The van der Waals surface area contributed by atoms with E-state index in [4.69, 9.17) is 0 Å². The van der Waals surface area contributed by atoms with E-state index in [1.165, 1.54) is 24.3 Å². The van der Waals surface area contributed by atoms with Crippen molar-refractivity contribution in [2.75, 3.05) is 22.9 Å². The molecule has 1 amide bonds. The number of benzene rings is 2. The van der Waals surface area contributed by atoms with Crippen molar-refractivity contribution in [3.05, 3.63) is 53.8 Å². The molecule has 0 fully saturated rings. The Kier molecular flexibility index (Phi) is 5.56. The molecule has 0 saturated carbocycles. The summed E-state index contributed by atoms with van der Waals surface area (Å²) in [6.45, 7) is 3.28. The number of nitrogens with one attached hydrogen (secondary N) is 2. The molecule has 0 atom stereocenters. The Morgan fingerprint density at radius 3 is 2.38 bits per heavy atom. The minimum atomic E-state index is -3.24. The van der Waals surface area contributed by atoms with E-state index in [1.54, 1.807) is 32.0 Å². The lowest BCUT2D eigenvalue weighted by Crippen LogP contribution is -2.22. The number of carbonyl (C=O) groups is 1. The summed E-state index contributed by atoms with van der Waals surface area (Å²) in [4.78, 5) is 12.1. The molecule has 2 aromatic carbocycles. The lowest BCUT2D eigenvalue weighted by atomic mass is 10.2. The van der Waals surface area contributed by atoms with Gasteiger partial charge in [0.15, 0.2) is 9.84 Å². The molecule has 5 nitrogen and oxygen atoms in total. The van der Waals surface area contributed by atoms with Gasteiger partial charge in [0.05, 0.1) is 22.9 Å². The minimum Gasteiger partial charge on any atom is -0.376 e. The van der Waals surface area contributed by atoms with Gasteiger partial charge in [-0.05, 0) is 48.9 Å². The van der Waals surface area contributed by atoms with Crippen LogP contribution in [0.5, 0.6) is 0 Å². The molecule has 2 aromatic rings. The molecule has 0 aromatic heterocycles. The first-order valence-corrected chi connectivity index (χ1v) is 9.10. The third-order valence-electron chi connectivity index (χ3n) is 3.45. The topological polar surface area (TPSA) is 75.3 Å². The van der Waals surface area contributed by atoms with Gasteiger partial charge in [-0.3, -0.25) is 4.79 Å². The highest BCUT2D eigenvalue weighted by atomic mass is 32.2. The van der Waals surface area contributed by atoms with Crippen LogP contribution in [0.4, 0.5) is 15.8 Å². The summed E-state index contributed by atoms with van der Waals surface area (Å²) in [7, 11) is -3.24. The molecule has 0 aliphatic carbocycles. The zero-order valence-electron chi connectivity index (χ0n) is 13.5. The molecule has 128 valence electrons. The summed E-state index contributed by atoms with van der Waals surface area (Å²) in [5, 5.41) is 5.34. The van der Waals surface area contributed by atoms with Crippen LogP contribution in [0.15, 0.2) is 47.4 Å². The first-order valence-electron chi connectivity index (χ1n) is 7.44. The van der Waals surface area contributed by atoms with Gasteiger partial charge in [-0.15, -0.1) is 0 Å². The SMILES string of the molecule is CCS(=O)(=O)c1ccc(NCC(=O)Nc2ccc(C)cc2F)cc1. The van der Waals surface area contributed by atoms with Crippen LogP contribution in [-0.2, 0) is 14.6 Å². The molecule has 0 aliphatic heterocycles. The number of anilines is 2. The number of sulfone groups is 1. The van der Waals surface area contributed by atoms with Gasteiger partial charge < -0.3 is 10.6 Å². The van der Waals surface area contributed by atoms with Gasteiger partial charge in [0.1, 0.15) is 5.82 Å². The van der Waals surface area contributed by atoms with Gasteiger partial charge in [0, 0.05) is 5.69 Å². The van der Waals surface area contributed by atoms with Crippen LogP contribution >= 0.6 is 0 Å². The highest BCUT2D eigenvalue weighted by Gasteiger charge is 2.11. The number of hydrogen-bond acceptors (Lipinski definition) is 4. The fourth-order valence-electron chi connectivity index (χ4n) is 2.05. The Morgan fingerprint density at radius 2 is 1.79 bits per heavy atom. The fourth-order valence-corrected chi connectivity index (χ4v) is 2.93. The van der Waals surface area contributed by atoms with E-state index in [1.807, 2.05) is 0 Å². The van der Waals surface area contributed by atoms with E-state index in [9.17, 15) is 17.6 Å². The van der Waals surface area contributed by atoms with E-state index < -0.39 is 21.6 Å². The van der Waals surface area contributed by atoms with Crippen LogP contribution in [0.2, 0.25) is 0 Å². The van der Waals surface area contributed by atoms with Crippen molar-refractivity contribution in [3.63, 3.8) is 0 Å². The fraction of sp³-hybridized carbons (Fsp3) is 0.235. The molecule has 24 heavy (non-hydrogen) atoms. The zero-order chi connectivity index (χ0) is 17.7. The normalized spacial score (nSPS) is 11.1. The monoisotopic (exact) mass is 350 g/mol. The van der Waals surface area contributed by atoms with Gasteiger partial charge >= 0.3 is 0 Å². The van der Waals surface area contributed by atoms with Crippen LogP contribution in [0.1, 0.15) is 12.5 Å². The zero-order valence-corrected chi connectivity index (χ0v) is 14.3. The Morgan fingerprint density at radius 1 is 1.12 bits per heavy atom. The molecule has 2 rings (SSSR count). The Labute approximate surface area is 140 Å². The standard InChI is InChI=1S/C17H19FN2O3S/c1-3-24(22,23)14-7-5-13(6-8-14)19-11-17(21)20-16-9-4-12(2)10-15(16)18/h4-10,19H,3,11H2,1-2H3,(H,20,21). The van der Waals surface area contributed by atoms with Gasteiger partial charge in [0.2, 0.25) is 5.91 Å². The predicted molar refractivity (Wildman–Crippen MR) is 92.4 cm³/mol. The minimum absolute atomic E-state index is 0.0320. The van der Waals surface area contributed by atoms with Crippen molar-refractivity contribution in [2.24, 2.45) is 0 Å². The molecule has 0 saturated heterocycles. The van der Waals surface area contributed by atoms with Crippen molar-refractivity contribution in [2.45, 2.75) is 18.7 Å². The average Bonchev–Trinajstić information content (AvgIpc) is 2.56. The lowest BCUT2D eigenvalue weighted by Gasteiger charge is -2.09. The van der Waals surface area contributed by atoms with Gasteiger partial charge in [-0.25, -0.2) is 12.8 Å². The number of halogens is 1. The predicted octanol–water partition coefficient (Wildman–Crippen LogP) is 2.98. The van der Waals surface area contributed by atoms with Crippen molar-refractivity contribution in [1.82, 2.24) is 0 Å². The maximum atomic E-state index is 13.7. The summed E-state index contributed by atoms with van der Waals surface area (Å²) in [6.07, 6.45) is 0. The summed E-state index contributed by atoms with van der Waals surface area (Å²) in [5.74, 6) is -0.856. The summed E-state index contributed by atoms with van der Waals surface area (Å²) >= 11 is 0. The average molecular weight is 350 g/mol. The first-order chi connectivity index (χ1) is 11.3. The Hall–Kier alpha value is -2.41. The maximum absolute atomic E-state index is 13.7. The summed E-state index contributed by atoms with van der Waals surface area (Å²) in [5.41, 5.74) is 1.49. The number of carbonyl (C=O) groups excluding carboxylic acids is 1. The number of aryl methyl sites for hydroxylation is 1. The highest BCUT2D eigenvalue weighted by Crippen LogP contribution is 2.16. The van der Waals surface area contributed by atoms with Crippen LogP contribution in [0.25, 0.3) is 0 Å².